The molecule has 2 unspecified atom stereocenters. The van der Waals surface area contributed by atoms with Crippen molar-refractivity contribution in [3.63, 3.8) is 0 Å². The maximum absolute atomic E-state index is 5.57. The minimum absolute atomic E-state index is 0.425. The number of benzene rings is 1. The van der Waals surface area contributed by atoms with Crippen molar-refractivity contribution in [3.05, 3.63) is 28.2 Å². The Morgan fingerprint density at radius 1 is 1.45 bits per heavy atom. The molecule has 1 aliphatic rings. The molecule has 2 rings (SSSR count). The summed E-state index contributed by atoms with van der Waals surface area (Å²) in [7, 11) is 3.96. The van der Waals surface area contributed by atoms with Crippen molar-refractivity contribution in [3.8, 4) is 5.75 Å². The van der Waals surface area contributed by atoms with Gasteiger partial charge in [-0.15, -0.1) is 0 Å². The van der Waals surface area contributed by atoms with Gasteiger partial charge in [-0.05, 0) is 44.1 Å². The Labute approximate surface area is 130 Å². The lowest BCUT2D eigenvalue weighted by Gasteiger charge is -2.28. The molecule has 1 aromatic carbocycles. The van der Waals surface area contributed by atoms with Crippen molar-refractivity contribution in [2.75, 3.05) is 27.2 Å². The third-order valence-electron chi connectivity index (χ3n) is 4.07. The first-order valence-corrected chi connectivity index (χ1v) is 8.09. The standard InChI is InChI=1S/C16H25BrN2O/c1-11(2)18-10-12-7-8-19(3)16(12)14-9-13(17)5-6-15(14)20-4/h5-6,9,11-12,16,18H,7-8,10H2,1-4H3. The van der Waals surface area contributed by atoms with Crippen LogP contribution in [0.15, 0.2) is 22.7 Å². The van der Waals surface area contributed by atoms with E-state index in [9.17, 15) is 0 Å². The quantitative estimate of drug-likeness (QED) is 0.888. The highest BCUT2D eigenvalue weighted by Crippen LogP contribution is 2.41. The summed E-state index contributed by atoms with van der Waals surface area (Å²) >= 11 is 3.58. The van der Waals surface area contributed by atoms with E-state index in [0.717, 1.165) is 23.3 Å². The Kier molecular flexibility index (Phi) is 5.47. The molecule has 1 N–H and O–H groups in total. The van der Waals surface area contributed by atoms with Crippen molar-refractivity contribution >= 4 is 15.9 Å². The average molecular weight is 341 g/mol. The first-order valence-electron chi connectivity index (χ1n) is 7.30. The van der Waals surface area contributed by atoms with Crippen molar-refractivity contribution in [1.82, 2.24) is 10.2 Å². The van der Waals surface area contributed by atoms with Crippen LogP contribution in [0.1, 0.15) is 31.9 Å². The molecular formula is C16H25BrN2O. The van der Waals surface area contributed by atoms with Gasteiger partial charge >= 0.3 is 0 Å². The molecule has 2 atom stereocenters. The van der Waals surface area contributed by atoms with Crippen molar-refractivity contribution in [2.45, 2.75) is 32.4 Å². The Hall–Kier alpha value is -0.580. The Morgan fingerprint density at radius 2 is 2.20 bits per heavy atom. The lowest BCUT2D eigenvalue weighted by Crippen LogP contribution is -2.32. The van der Waals surface area contributed by atoms with E-state index < -0.39 is 0 Å². The topological polar surface area (TPSA) is 24.5 Å². The number of rotatable bonds is 5. The summed E-state index contributed by atoms with van der Waals surface area (Å²) in [6.45, 7) is 6.60. The predicted molar refractivity (Wildman–Crippen MR) is 87.3 cm³/mol. The first kappa shape index (κ1) is 15.8. The van der Waals surface area contributed by atoms with Gasteiger partial charge in [-0.2, -0.15) is 0 Å². The van der Waals surface area contributed by atoms with Gasteiger partial charge in [-0.25, -0.2) is 0 Å². The van der Waals surface area contributed by atoms with Crippen molar-refractivity contribution in [1.29, 1.82) is 0 Å². The van der Waals surface area contributed by atoms with E-state index >= 15 is 0 Å². The van der Waals surface area contributed by atoms with E-state index in [0.29, 0.717) is 18.0 Å². The molecule has 0 aromatic heterocycles. The molecular weight excluding hydrogens is 316 g/mol. The molecule has 3 nitrogen and oxygen atoms in total. The summed E-state index contributed by atoms with van der Waals surface area (Å²) in [5.41, 5.74) is 1.29. The number of hydrogen-bond donors (Lipinski definition) is 1. The van der Waals surface area contributed by atoms with Gasteiger partial charge in [0.05, 0.1) is 7.11 Å². The molecule has 1 aromatic rings. The molecule has 0 radical (unpaired) electrons. The lowest BCUT2D eigenvalue weighted by atomic mass is 9.93. The van der Waals surface area contributed by atoms with Crippen LogP contribution < -0.4 is 10.1 Å². The fourth-order valence-corrected chi connectivity index (χ4v) is 3.43. The minimum atomic E-state index is 0.425. The summed E-state index contributed by atoms with van der Waals surface area (Å²) in [6.07, 6.45) is 1.23. The maximum atomic E-state index is 5.57. The SMILES string of the molecule is COc1ccc(Br)cc1C1C(CNC(C)C)CCN1C. The van der Waals surface area contributed by atoms with Crippen LogP contribution in [0.4, 0.5) is 0 Å². The number of halogens is 1. The van der Waals surface area contributed by atoms with Crippen LogP contribution in [-0.4, -0.2) is 38.2 Å². The molecule has 1 aliphatic heterocycles. The predicted octanol–water partition coefficient (Wildman–Crippen LogP) is 3.45. The summed E-state index contributed by atoms with van der Waals surface area (Å²) in [6, 6.07) is 7.25. The van der Waals surface area contributed by atoms with Gasteiger partial charge in [-0.3, -0.25) is 4.90 Å². The molecule has 112 valence electrons. The van der Waals surface area contributed by atoms with Gasteiger partial charge < -0.3 is 10.1 Å². The highest BCUT2D eigenvalue weighted by Gasteiger charge is 2.34. The largest absolute Gasteiger partial charge is 0.496 e. The fourth-order valence-electron chi connectivity index (χ4n) is 3.05. The van der Waals surface area contributed by atoms with E-state index in [1.165, 1.54) is 12.0 Å². The monoisotopic (exact) mass is 340 g/mol. The second kappa shape index (κ2) is 6.92. The van der Waals surface area contributed by atoms with Gasteiger partial charge in [0.1, 0.15) is 5.75 Å². The molecule has 0 spiro atoms. The summed E-state index contributed by atoms with van der Waals surface area (Å²) in [4.78, 5) is 2.44. The van der Waals surface area contributed by atoms with Gasteiger partial charge in [0.25, 0.3) is 0 Å². The summed E-state index contributed by atoms with van der Waals surface area (Å²) < 4.78 is 6.68. The number of hydrogen-bond acceptors (Lipinski definition) is 3. The summed E-state index contributed by atoms with van der Waals surface area (Å²) in [5.74, 6) is 1.62. The number of nitrogens with one attached hydrogen (secondary N) is 1. The number of methoxy groups -OCH3 is 1. The molecule has 0 saturated carbocycles. The van der Waals surface area contributed by atoms with Crippen molar-refractivity contribution < 1.29 is 4.74 Å². The van der Waals surface area contributed by atoms with Crippen LogP contribution in [0.3, 0.4) is 0 Å². The summed E-state index contributed by atoms with van der Waals surface area (Å²) in [5, 5.41) is 3.58. The fraction of sp³-hybridized carbons (Fsp3) is 0.625. The van der Waals surface area contributed by atoms with E-state index in [1.54, 1.807) is 7.11 Å². The average Bonchev–Trinajstić information content (AvgIpc) is 2.77. The van der Waals surface area contributed by atoms with Gasteiger partial charge in [0.2, 0.25) is 0 Å². The maximum Gasteiger partial charge on any atom is 0.123 e. The Balaban J connectivity index is 2.25. The van der Waals surface area contributed by atoms with Crippen LogP contribution in [0.25, 0.3) is 0 Å². The van der Waals surface area contributed by atoms with Crippen LogP contribution in [-0.2, 0) is 0 Å². The zero-order chi connectivity index (χ0) is 14.7. The molecule has 4 heteroatoms. The second-order valence-corrected chi connectivity index (χ2v) is 6.84. The molecule has 0 amide bonds. The third-order valence-corrected chi connectivity index (χ3v) is 4.57. The lowest BCUT2D eigenvalue weighted by molar-refractivity contribution is 0.261. The molecule has 1 heterocycles. The van der Waals surface area contributed by atoms with Crippen LogP contribution in [0, 0.1) is 5.92 Å². The van der Waals surface area contributed by atoms with Crippen molar-refractivity contribution in [2.24, 2.45) is 5.92 Å². The van der Waals surface area contributed by atoms with E-state index in [4.69, 9.17) is 4.74 Å². The smallest absolute Gasteiger partial charge is 0.123 e. The van der Waals surface area contributed by atoms with Crippen LogP contribution in [0.2, 0.25) is 0 Å². The van der Waals surface area contributed by atoms with Gasteiger partial charge in [0, 0.05) is 28.7 Å². The Morgan fingerprint density at radius 3 is 2.85 bits per heavy atom. The number of nitrogens with zero attached hydrogens (tertiary/aromatic N) is 1. The highest BCUT2D eigenvalue weighted by molar-refractivity contribution is 9.10. The van der Waals surface area contributed by atoms with E-state index in [-0.39, 0.29) is 0 Å². The number of ether oxygens (including phenoxy) is 1. The Bertz CT molecular complexity index is 450. The highest BCUT2D eigenvalue weighted by atomic mass is 79.9. The zero-order valence-electron chi connectivity index (χ0n) is 12.8. The molecule has 0 bridgehead atoms. The molecule has 1 saturated heterocycles. The second-order valence-electron chi connectivity index (χ2n) is 5.92. The molecule has 0 aliphatic carbocycles. The van der Waals surface area contributed by atoms with E-state index in [2.05, 4.69) is 59.2 Å². The van der Waals surface area contributed by atoms with Crippen LogP contribution >= 0.6 is 15.9 Å². The van der Waals surface area contributed by atoms with Gasteiger partial charge in [-0.1, -0.05) is 29.8 Å². The first-order chi connectivity index (χ1) is 9.52. The number of likely N-dealkylation sites (tertiary alicyclic amines) is 1. The minimum Gasteiger partial charge on any atom is -0.496 e. The zero-order valence-corrected chi connectivity index (χ0v) is 14.4. The van der Waals surface area contributed by atoms with Crippen LogP contribution in [0.5, 0.6) is 5.75 Å². The molecule has 20 heavy (non-hydrogen) atoms. The third kappa shape index (κ3) is 3.54. The molecule has 1 fully saturated rings. The van der Waals surface area contributed by atoms with E-state index in [1.807, 2.05) is 6.07 Å². The normalized spacial score (nSPS) is 23.5. The van der Waals surface area contributed by atoms with Gasteiger partial charge in [0.15, 0.2) is 0 Å².